The number of hydrogen-bond donors (Lipinski definition) is 3. The highest BCUT2D eigenvalue weighted by atomic mass is 16.5. The van der Waals surface area contributed by atoms with Gasteiger partial charge in [-0.1, -0.05) is 143 Å². The van der Waals surface area contributed by atoms with Gasteiger partial charge in [-0.3, -0.25) is 19.2 Å². The highest BCUT2D eigenvalue weighted by molar-refractivity contribution is 5.66. The zero-order valence-corrected chi connectivity index (χ0v) is 35.2. The Hall–Kier alpha value is -5.12. The molecule has 4 rings (SSSR count). The van der Waals surface area contributed by atoms with Gasteiger partial charge in [0.25, 0.3) is 0 Å². The molecule has 10 heteroatoms. The molecule has 0 aliphatic rings. The molecule has 4 aromatic rings. The van der Waals surface area contributed by atoms with Crippen LogP contribution in [0.15, 0.2) is 94.8 Å². The summed E-state index contributed by atoms with van der Waals surface area (Å²) in [6, 6.07) is 23.1. The highest BCUT2D eigenvalue weighted by Gasteiger charge is 2.09. The lowest BCUT2D eigenvalue weighted by Gasteiger charge is -2.15. The van der Waals surface area contributed by atoms with Crippen LogP contribution in [0.4, 0.5) is 0 Å². The van der Waals surface area contributed by atoms with Crippen molar-refractivity contribution >= 4 is 11.9 Å². The third-order valence-electron chi connectivity index (χ3n) is 10.0. The van der Waals surface area contributed by atoms with Gasteiger partial charge in [0.15, 0.2) is 11.5 Å². The quantitative estimate of drug-likeness (QED) is 0.0561. The topological polar surface area (TPSA) is 148 Å². The van der Waals surface area contributed by atoms with Crippen molar-refractivity contribution in [2.24, 2.45) is 0 Å². The molecule has 0 saturated heterocycles. The predicted molar refractivity (Wildman–Crippen MR) is 233 cm³/mol. The van der Waals surface area contributed by atoms with Crippen molar-refractivity contribution in [2.45, 2.75) is 156 Å². The summed E-state index contributed by atoms with van der Waals surface area (Å²) >= 11 is 0. The number of aromatic nitrogens is 2. The maximum atomic E-state index is 12.2. The number of carboxylic acids is 2. The van der Waals surface area contributed by atoms with Crippen molar-refractivity contribution in [3.05, 3.63) is 128 Å². The van der Waals surface area contributed by atoms with Crippen LogP contribution in [-0.4, -0.2) is 36.4 Å². The van der Waals surface area contributed by atoms with Gasteiger partial charge in [-0.15, -0.1) is 0 Å². The molecule has 0 saturated carbocycles. The number of aliphatic carboxylic acids is 2. The Balaban J connectivity index is 0.000000351. The molecule has 0 atom stereocenters. The van der Waals surface area contributed by atoms with Crippen molar-refractivity contribution in [3.63, 3.8) is 0 Å². The molecule has 0 aliphatic heterocycles. The van der Waals surface area contributed by atoms with Crippen LogP contribution >= 0.6 is 0 Å². The molecular formula is C48H68N2O8. The van der Waals surface area contributed by atoms with Crippen LogP contribution in [0.1, 0.15) is 138 Å². The molecule has 0 aliphatic carbocycles. The van der Waals surface area contributed by atoms with Gasteiger partial charge in [0, 0.05) is 50.5 Å². The normalized spacial score (nSPS) is 10.5. The molecule has 0 radical (unpaired) electrons. The van der Waals surface area contributed by atoms with E-state index in [0.29, 0.717) is 18.1 Å². The van der Waals surface area contributed by atoms with Crippen LogP contribution < -0.4 is 15.6 Å². The lowest BCUT2D eigenvalue weighted by atomic mass is 10.1. The maximum Gasteiger partial charge on any atom is 0.303 e. The summed E-state index contributed by atoms with van der Waals surface area (Å²) in [5.41, 5.74) is 3.49. The van der Waals surface area contributed by atoms with Gasteiger partial charge in [0.2, 0.25) is 10.9 Å². The van der Waals surface area contributed by atoms with Crippen molar-refractivity contribution < 1.29 is 29.6 Å². The van der Waals surface area contributed by atoms with E-state index < -0.39 is 11.9 Å². The van der Waals surface area contributed by atoms with E-state index in [1.165, 1.54) is 43.7 Å². The SMILES string of the molecule is Cc1c(O)c(=O)ccn1CCCCCCCCCCC(=O)O.Cc1c(OCc2ccccc2)c(=O)ccn1CCCCCCCCCCC(=O)O.Cc1ccccc1. The van der Waals surface area contributed by atoms with E-state index in [9.17, 15) is 24.3 Å². The Morgan fingerprint density at radius 2 is 0.914 bits per heavy atom. The van der Waals surface area contributed by atoms with E-state index in [1.54, 1.807) is 19.2 Å². The smallest absolute Gasteiger partial charge is 0.303 e. The number of carbonyl (C=O) groups is 2. The lowest BCUT2D eigenvalue weighted by Crippen LogP contribution is -2.15. The number of unbranched alkanes of at least 4 members (excludes halogenated alkanes) is 14. The molecule has 58 heavy (non-hydrogen) atoms. The van der Waals surface area contributed by atoms with Gasteiger partial charge in [-0.2, -0.15) is 0 Å². The van der Waals surface area contributed by atoms with Gasteiger partial charge in [-0.25, -0.2) is 0 Å². The van der Waals surface area contributed by atoms with Crippen LogP contribution in [0.2, 0.25) is 0 Å². The van der Waals surface area contributed by atoms with Gasteiger partial charge in [0.05, 0.1) is 11.4 Å². The second-order valence-electron chi connectivity index (χ2n) is 15.0. The number of aromatic hydroxyl groups is 1. The first-order valence-electron chi connectivity index (χ1n) is 21.2. The van der Waals surface area contributed by atoms with E-state index in [4.69, 9.17) is 14.9 Å². The Morgan fingerprint density at radius 3 is 1.34 bits per heavy atom. The first kappa shape index (κ1) is 49.0. The average Bonchev–Trinajstić information content (AvgIpc) is 3.21. The molecular weight excluding hydrogens is 733 g/mol. The Kier molecular flexibility index (Phi) is 25.4. The van der Waals surface area contributed by atoms with E-state index in [2.05, 4.69) is 23.6 Å². The first-order chi connectivity index (χ1) is 28.0. The second-order valence-corrected chi connectivity index (χ2v) is 15.0. The maximum absolute atomic E-state index is 12.2. The summed E-state index contributed by atoms with van der Waals surface area (Å²) < 4.78 is 9.85. The molecule has 0 bridgehead atoms. The van der Waals surface area contributed by atoms with Gasteiger partial charge >= 0.3 is 11.9 Å². The first-order valence-corrected chi connectivity index (χ1v) is 21.2. The monoisotopic (exact) mass is 800 g/mol. The number of aryl methyl sites for hydroxylation is 3. The summed E-state index contributed by atoms with van der Waals surface area (Å²) in [6.45, 7) is 7.88. The second kappa shape index (κ2) is 30.0. The summed E-state index contributed by atoms with van der Waals surface area (Å²) in [5, 5.41) is 26.7. The van der Waals surface area contributed by atoms with E-state index in [1.807, 2.05) is 66.2 Å². The van der Waals surface area contributed by atoms with Gasteiger partial charge in [-0.05, 0) is 52.0 Å². The van der Waals surface area contributed by atoms with Crippen molar-refractivity contribution in [1.82, 2.24) is 9.13 Å². The number of hydrogen-bond acceptors (Lipinski definition) is 6. The zero-order valence-electron chi connectivity index (χ0n) is 35.2. The van der Waals surface area contributed by atoms with Crippen LogP contribution in [0.5, 0.6) is 11.5 Å². The summed E-state index contributed by atoms with van der Waals surface area (Å²) in [5.74, 6) is -1.11. The van der Waals surface area contributed by atoms with E-state index in [-0.39, 0.29) is 29.4 Å². The number of rotatable bonds is 25. The van der Waals surface area contributed by atoms with Crippen molar-refractivity contribution in [2.75, 3.05) is 0 Å². The number of benzene rings is 2. The molecule has 0 fully saturated rings. The highest BCUT2D eigenvalue weighted by Crippen LogP contribution is 2.17. The Morgan fingerprint density at radius 1 is 0.517 bits per heavy atom. The fraction of sp³-hybridized carbons (Fsp3) is 0.500. The Labute approximate surface area is 345 Å². The number of carboxylic acid groups (broad SMARTS) is 2. The van der Waals surface area contributed by atoms with Crippen LogP contribution in [-0.2, 0) is 29.3 Å². The molecule has 10 nitrogen and oxygen atoms in total. The third-order valence-corrected chi connectivity index (χ3v) is 10.0. The molecule has 0 spiro atoms. The fourth-order valence-corrected chi connectivity index (χ4v) is 6.48. The fourth-order valence-electron chi connectivity index (χ4n) is 6.48. The molecule has 2 heterocycles. The summed E-state index contributed by atoms with van der Waals surface area (Å²) in [4.78, 5) is 44.3. The van der Waals surface area contributed by atoms with Crippen LogP contribution in [0.25, 0.3) is 0 Å². The minimum Gasteiger partial charge on any atom is -0.503 e. The third kappa shape index (κ3) is 22.0. The number of nitrogens with zero attached hydrogens (tertiary/aromatic N) is 2. The number of pyridine rings is 2. The summed E-state index contributed by atoms with van der Waals surface area (Å²) in [6.07, 6.45) is 21.4. The van der Waals surface area contributed by atoms with Crippen LogP contribution in [0, 0.1) is 20.8 Å². The molecule has 2 aromatic carbocycles. The Bertz CT molecular complexity index is 1840. The molecule has 0 amide bonds. The number of ether oxygens (including phenoxy) is 1. The lowest BCUT2D eigenvalue weighted by molar-refractivity contribution is -0.138. The van der Waals surface area contributed by atoms with E-state index >= 15 is 0 Å². The standard InChI is InChI=1S/C24H33NO4.C17H27NO4.C7H8/c1-20-24(29-19-21-13-9-8-10-14-21)22(26)16-18-25(20)17-12-7-5-3-2-4-6-11-15-23(27)28;1-14-17(22)15(19)11-13-18(14)12-9-7-5-3-2-4-6-8-10-16(20)21;1-7-5-3-2-4-6-7/h8-10,13-14,16,18H,2-7,11-12,15,17,19H2,1H3,(H,27,28);11,13,22H,2-10,12H2,1H3,(H,20,21);2-6H,1H3. The van der Waals surface area contributed by atoms with Crippen LogP contribution in [0.3, 0.4) is 0 Å². The van der Waals surface area contributed by atoms with Crippen molar-refractivity contribution in [1.29, 1.82) is 0 Å². The minimum atomic E-state index is -0.705. The molecule has 0 unspecified atom stereocenters. The molecule has 2 aromatic heterocycles. The minimum absolute atomic E-state index is 0.0717. The van der Waals surface area contributed by atoms with Gasteiger partial charge < -0.3 is 29.2 Å². The average molecular weight is 801 g/mol. The van der Waals surface area contributed by atoms with Gasteiger partial charge in [0.1, 0.15) is 6.61 Å². The predicted octanol–water partition coefficient (Wildman–Crippen LogP) is 10.8. The molecule has 3 N–H and O–H groups in total. The van der Waals surface area contributed by atoms with E-state index in [0.717, 1.165) is 95.0 Å². The molecule has 318 valence electrons. The summed E-state index contributed by atoms with van der Waals surface area (Å²) in [7, 11) is 0. The largest absolute Gasteiger partial charge is 0.503 e. The zero-order chi connectivity index (χ0) is 42.4. The van der Waals surface area contributed by atoms with Crippen molar-refractivity contribution in [3.8, 4) is 11.5 Å².